The monoisotopic (exact) mass is 190 g/mol. The molecule has 3 heteroatoms. The number of aromatic hydroxyl groups is 1. The van der Waals surface area contributed by atoms with Crippen LogP contribution in [0.1, 0.15) is 18.2 Å². The second-order valence-electron chi connectivity index (χ2n) is 3.51. The van der Waals surface area contributed by atoms with Crippen molar-refractivity contribution in [1.29, 1.82) is 0 Å². The number of aryl methyl sites for hydroxylation is 3. The van der Waals surface area contributed by atoms with Gasteiger partial charge in [-0.15, -0.1) is 0 Å². The van der Waals surface area contributed by atoms with Crippen LogP contribution in [0.5, 0.6) is 5.75 Å². The third-order valence-electron chi connectivity index (χ3n) is 2.65. The summed E-state index contributed by atoms with van der Waals surface area (Å²) in [4.78, 5) is 4.38. The lowest BCUT2D eigenvalue weighted by Crippen LogP contribution is -1.96. The van der Waals surface area contributed by atoms with Gasteiger partial charge in [0.1, 0.15) is 11.4 Å². The van der Waals surface area contributed by atoms with Crippen LogP contribution in [0.25, 0.3) is 11.0 Å². The quantitative estimate of drug-likeness (QED) is 0.749. The number of pyridine rings is 1. The summed E-state index contributed by atoms with van der Waals surface area (Å²) in [7, 11) is 0. The fraction of sp³-hybridized carbons (Fsp3) is 0.364. The summed E-state index contributed by atoms with van der Waals surface area (Å²) >= 11 is 0. The van der Waals surface area contributed by atoms with Crippen LogP contribution in [0.3, 0.4) is 0 Å². The van der Waals surface area contributed by atoms with E-state index in [1.54, 1.807) is 0 Å². The molecule has 0 amide bonds. The molecule has 0 aliphatic heterocycles. The van der Waals surface area contributed by atoms with E-state index in [0.717, 1.165) is 23.1 Å². The smallest absolute Gasteiger partial charge is 0.140 e. The van der Waals surface area contributed by atoms with Crippen molar-refractivity contribution >= 4 is 11.0 Å². The molecule has 0 bridgehead atoms. The summed E-state index contributed by atoms with van der Waals surface area (Å²) in [6, 6.07) is 2.00. The second-order valence-corrected chi connectivity index (χ2v) is 3.51. The van der Waals surface area contributed by atoms with Crippen molar-refractivity contribution in [1.82, 2.24) is 9.55 Å². The van der Waals surface area contributed by atoms with E-state index in [1.807, 2.05) is 26.1 Å². The Labute approximate surface area is 83.0 Å². The van der Waals surface area contributed by atoms with Gasteiger partial charge in [-0.05, 0) is 26.8 Å². The Balaban J connectivity index is 2.86. The zero-order valence-electron chi connectivity index (χ0n) is 8.70. The Morgan fingerprint density at radius 2 is 2.14 bits per heavy atom. The van der Waals surface area contributed by atoms with Gasteiger partial charge < -0.3 is 9.67 Å². The topological polar surface area (TPSA) is 38.0 Å². The Morgan fingerprint density at radius 1 is 1.43 bits per heavy atom. The van der Waals surface area contributed by atoms with Crippen molar-refractivity contribution in [3.05, 3.63) is 23.5 Å². The fourth-order valence-electron chi connectivity index (χ4n) is 1.75. The predicted octanol–water partition coefficient (Wildman–Crippen LogP) is 2.38. The highest BCUT2D eigenvalue weighted by molar-refractivity contribution is 5.82. The number of rotatable bonds is 1. The summed E-state index contributed by atoms with van der Waals surface area (Å²) in [5, 5.41) is 10.8. The molecule has 0 atom stereocenters. The molecule has 3 nitrogen and oxygen atoms in total. The minimum absolute atomic E-state index is 0.311. The SMILES string of the molecule is CCn1ccc2c(C)c(O)c(C)nc21. The van der Waals surface area contributed by atoms with Gasteiger partial charge in [0.25, 0.3) is 0 Å². The van der Waals surface area contributed by atoms with Gasteiger partial charge in [-0.25, -0.2) is 4.98 Å². The molecule has 0 spiro atoms. The molecule has 0 aromatic carbocycles. The van der Waals surface area contributed by atoms with Crippen molar-refractivity contribution in [3.8, 4) is 5.75 Å². The average molecular weight is 190 g/mol. The van der Waals surface area contributed by atoms with Crippen LogP contribution in [-0.4, -0.2) is 14.7 Å². The highest BCUT2D eigenvalue weighted by Gasteiger charge is 2.10. The van der Waals surface area contributed by atoms with Gasteiger partial charge >= 0.3 is 0 Å². The standard InChI is InChI=1S/C11H14N2O/c1-4-13-6-5-9-7(2)10(14)8(3)12-11(9)13/h5-6,14H,4H2,1-3H3. The number of aromatic nitrogens is 2. The van der Waals surface area contributed by atoms with Gasteiger partial charge in [-0.1, -0.05) is 0 Å². The number of nitrogens with zero attached hydrogens (tertiary/aromatic N) is 2. The minimum atomic E-state index is 0.311. The van der Waals surface area contributed by atoms with Crippen LogP contribution in [0.2, 0.25) is 0 Å². The van der Waals surface area contributed by atoms with Gasteiger partial charge in [0.05, 0.1) is 5.69 Å². The second kappa shape index (κ2) is 3.01. The van der Waals surface area contributed by atoms with Crippen LogP contribution in [-0.2, 0) is 6.54 Å². The molecule has 2 heterocycles. The first-order chi connectivity index (χ1) is 6.65. The molecule has 0 saturated carbocycles. The molecule has 0 aliphatic carbocycles. The molecular formula is C11H14N2O. The van der Waals surface area contributed by atoms with E-state index in [4.69, 9.17) is 0 Å². The Kier molecular flexibility index (Phi) is 1.95. The molecule has 1 N–H and O–H groups in total. The molecule has 0 radical (unpaired) electrons. The summed E-state index contributed by atoms with van der Waals surface area (Å²) in [6.07, 6.45) is 2.00. The van der Waals surface area contributed by atoms with E-state index in [-0.39, 0.29) is 0 Å². The third kappa shape index (κ3) is 1.09. The summed E-state index contributed by atoms with van der Waals surface area (Å²) in [5.74, 6) is 0.311. The number of hydrogen-bond acceptors (Lipinski definition) is 2. The lowest BCUT2D eigenvalue weighted by atomic mass is 10.1. The zero-order chi connectivity index (χ0) is 10.3. The largest absolute Gasteiger partial charge is 0.506 e. The van der Waals surface area contributed by atoms with Crippen LogP contribution in [0.4, 0.5) is 0 Å². The lowest BCUT2D eigenvalue weighted by Gasteiger charge is -2.05. The average Bonchev–Trinajstić information content (AvgIpc) is 2.57. The maximum atomic E-state index is 9.71. The van der Waals surface area contributed by atoms with Crippen molar-refractivity contribution < 1.29 is 5.11 Å². The summed E-state index contributed by atoms with van der Waals surface area (Å²) in [6.45, 7) is 6.74. The molecule has 0 unspecified atom stereocenters. The van der Waals surface area contributed by atoms with E-state index in [9.17, 15) is 5.11 Å². The van der Waals surface area contributed by atoms with Gasteiger partial charge in [0, 0.05) is 23.7 Å². The molecule has 0 saturated heterocycles. The van der Waals surface area contributed by atoms with Crippen LogP contribution in [0.15, 0.2) is 12.3 Å². The van der Waals surface area contributed by atoms with E-state index < -0.39 is 0 Å². The molecule has 74 valence electrons. The fourth-order valence-corrected chi connectivity index (χ4v) is 1.75. The maximum absolute atomic E-state index is 9.71. The highest BCUT2D eigenvalue weighted by atomic mass is 16.3. The van der Waals surface area contributed by atoms with Crippen LogP contribution < -0.4 is 0 Å². The van der Waals surface area contributed by atoms with E-state index in [1.165, 1.54) is 0 Å². The first-order valence-electron chi connectivity index (χ1n) is 4.80. The maximum Gasteiger partial charge on any atom is 0.140 e. The van der Waals surface area contributed by atoms with Gasteiger partial charge in [-0.2, -0.15) is 0 Å². The zero-order valence-corrected chi connectivity index (χ0v) is 8.70. The Bertz CT molecular complexity index is 485. The molecule has 2 rings (SSSR count). The molecule has 0 aliphatic rings. The van der Waals surface area contributed by atoms with Crippen LogP contribution >= 0.6 is 0 Å². The predicted molar refractivity (Wildman–Crippen MR) is 56.5 cm³/mol. The summed E-state index contributed by atoms with van der Waals surface area (Å²) < 4.78 is 2.08. The molecular weight excluding hydrogens is 176 g/mol. The van der Waals surface area contributed by atoms with Gasteiger partial charge in [0.15, 0.2) is 0 Å². The van der Waals surface area contributed by atoms with Crippen molar-refractivity contribution in [3.63, 3.8) is 0 Å². The molecule has 14 heavy (non-hydrogen) atoms. The van der Waals surface area contributed by atoms with E-state index in [2.05, 4.69) is 16.5 Å². The molecule has 0 fully saturated rings. The lowest BCUT2D eigenvalue weighted by molar-refractivity contribution is 0.464. The third-order valence-corrected chi connectivity index (χ3v) is 2.65. The Hall–Kier alpha value is -1.51. The van der Waals surface area contributed by atoms with Gasteiger partial charge in [0.2, 0.25) is 0 Å². The first kappa shape index (κ1) is 9.06. The molecule has 2 aromatic rings. The Morgan fingerprint density at radius 3 is 2.79 bits per heavy atom. The van der Waals surface area contributed by atoms with Crippen molar-refractivity contribution in [2.45, 2.75) is 27.3 Å². The van der Waals surface area contributed by atoms with Crippen molar-refractivity contribution in [2.24, 2.45) is 0 Å². The van der Waals surface area contributed by atoms with Gasteiger partial charge in [-0.3, -0.25) is 0 Å². The van der Waals surface area contributed by atoms with E-state index >= 15 is 0 Å². The molecule has 2 aromatic heterocycles. The highest BCUT2D eigenvalue weighted by Crippen LogP contribution is 2.27. The normalized spacial score (nSPS) is 11.1. The number of fused-ring (bicyclic) bond motifs is 1. The van der Waals surface area contributed by atoms with Crippen molar-refractivity contribution in [2.75, 3.05) is 0 Å². The van der Waals surface area contributed by atoms with Crippen LogP contribution in [0, 0.1) is 13.8 Å². The number of hydrogen-bond donors (Lipinski definition) is 1. The summed E-state index contributed by atoms with van der Waals surface area (Å²) in [5.41, 5.74) is 2.57. The van der Waals surface area contributed by atoms with E-state index in [0.29, 0.717) is 11.4 Å². The minimum Gasteiger partial charge on any atom is -0.506 e. The first-order valence-corrected chi connectivity index (χ1v) is 4.80.